The minimum absolute atomic E-state index is 0.0157. The summed E-state index contributed by atoms with van der Waals surface area (Å²) in [6, 6.07) is 0. The van der Waals surface area contributed by atoms with E-state index >= 15 is 0 Å². The predicted molar refractivity (Wildman–Crippen MR) is 68.4 cm³/mol. The van der Waals surface area contributed by atoms with Crippen LogP contribution in [0.5, 0.6) is 0 Å². The van der Waals surface area contributed by atoms with Crippen molar-refractivity contribution in [3.8, 4) is 0 Å². The average molecular weight is 304 g/mol. The zero-order valence-corrected chi connectivity index (χ0v) is 11.2. The van der Waals surface area contributed by atoms with E-state index < -0.39 is 37.3 Å². The molecule has 0 radical (unpaired) electrons. The van der Waals surface area contributed by atoms with Crippen LogP contribution in [-0.2, 0) is 6.42 Å². The number of aromatic nitrogens is 2. The summed E-state index contributed by atoms with van der Waals surface area (Å²) in [5.74, 6) is -2.85. The molecule has 0 saturated heterocycles. The van der Waals surface area contributed by atoms with Gasteiger partial charge in [-0.05, 0) is 6.42 Å². The van der Waals surface area contributed by atoms with Crippen molar-refractivity contribution in [1.82, 2.24) is 9.97 Å². The first-order chi connectivity index (χ1) is 9.73. The summed E-state index contributed by atoms with van der Waals surface area (Å²) in [5.41, 5.74) is 0.520. The Morgan fingerprint density at radius 3 is 2.14 bits per heavy atom. The van der Waals surface area contributed by atoms with E-state index in [2.05, 4.69) is 9.97 Å². The molecule has 9 heteroatoms. The van der Waals surface area contributed by atoms with Gasteiger partial charge in [0.05, 0.1) is 36.4 Å². The molecule has 120 valence electrons. The standard InChI is InChI=1S/C12H20N2O7/c15-6-11(18)10(17)3-7-4-14-8(5-13-7)9(16)1-2-12(19,20)21/h4-5,9-11,15-21H,1-3,6H2. The zero-order chi connectivity index (χ0) is 16.0. The van der Waals surface area contributed by atoms with Crippen LogP contribution in [0.3, 0.4) is 0 Å². The number of nitrogens with zero attached hydrogens (tertiary/aromatic N) is 2. The van der Waals surface area contributed by atoms with Gasteiger partial charge in [-0.2, -0.15) is 0 Å². The highest BCUT2D eigenvalue weighted by Crippen LogP contribution is 2.18. The SMILES string of the molecule is OCC(O)C(O)Cc1cnc(C(O)CCC(O)(O)O)cn1. The van der Waals surface area contributed by atoms with Gasteiger partial charge in [0.2, 0.25) is 0 Å². The molecule has 0 aromatic carbocycles. The number of hydrogen-bond acceptors (Lipinski definition) is 9. The highest BCUT2D eigenvalue weighted by molar-refractivity contribution is 5.06. The molecule has 0 aliphatic rings. The van der Waals surface area contributed by atoms with Crippen LogP contribution in [0.4, 0.5) is 0 Å². The van der Waals surface area contributed by atoms with Gasteiger partial charge in [0.25, 0.3) is 5.97 Å². The average Bonchev–Trinajstić information content (AvgIpc) is 2.43. The summed E-state index contributed by atoms with van der Waals surface area (Å²) in [5, 5.41) is 63.3. The Labute approximate surface area is 120 Å². The molecule has 1 heterocycles. The molecule has 7 N–H and O–H groups in total. The van der Waals surface area contributed by atoms with Crippen molar-refractivity contribution < 1.29 is 35.7 Å². The van der Waals surface area contributed by atoms with Gasteiger partial charge in [0.15, 0.2) is 0 Å². The Kier molecular flexibility index (Phi) is 6.55. The molecule has 9 nitrogen and oxygen atoms in total. The van der Waals surface area contributed by atoms with Crippen LogP contribution in [0, 0.1) is 0 Å². The maximum atomic E-state index is 9.72. The largest absolute Gasteiger partial charge is 0.394 e. The van der Waals surface area contributed by atoms with E-state index in [0.717, 1.165) is 0 Å². The van der Waals surface area contributed by atoms with Crippen LogP contribution in [0.1, 0.15) is 30.3 Å². The zero-order valence-electron chi connectivity index (χ0n) is 11.2. The van der Waals surface area contributed by atoms with E-state index in [1.807, 2.05) is 0 Å². The van der Waals surface area contributed by atoms with E-state index in [9.17, 15) is 15.3 Å². The predicted octanol–water partition coefficient (Wildman–Crippen LogP) is -2.82. The summed E-state index contributed by atoms with van der Waals surface area (Å²) < 4.78 is 0. The smallest absolute Gasteiger partial charge is 0.275 e. The molecule has 1 rings (SSSR count). The summed E-state index contributed by atoms with van der Waals surface area (Å²) in [6.07, 6.45) is -1.67. The van der Waals surface area contributed by atoms with Gasteiger partial charge in [0.1, 0.15) is 6.10 Å². The fourth-order valence-electron chi connectivity index (χ4n) is 1.59. The highest BCUT2D eigenvalue weighted by Gasteiger charge is 2.22. The topological polar surface area (TPSA) is 167 Å². The number of aliphatic hydroxyl groups excluding tert-OH is 4. The van der Waals surface area contributed by atoms with Crippen LogP contribution < -0.4 is 0 Å². The number of rotatable bonds is 8. The summed E-state index contributed by atoms with van der Waals surface area (Å²) >= 11 is 0. The summed E-state index contributed by atoms with van der Waals surface area (Å²) in [7, 11) is 0. The Balaban J connectivity index is 2.57. The molecule has 0 saturated carbocycles. The fraction of sp³-hybridized carbons (Fsp3) is 0.667. The Morgan fingerprint density at radius 1 is 1.00 bits per heavy atom. The third kappa shape index (κ3) is 6.40. The minimum Gasteiger partial charge on any atom is -0.394 e. The van der Waals surface area contributed by atoms with Crippen LogP contribution >= 0.6 is 0 Å². The monoisotopic (exact) mass is 304 g/mol. The number of aliphatic hydroxyl groups is 7. The molecule has 1 aromatic heterocycles. The van der Waals surface area contributed by atoms with Gasteiger partial charge in [-0.25, -0.2) is 0 Å². The molecular weight excluding hydrogens is 284 g/mol. The summed E-state index contributed by atoms with van der Waals surface area (Å²) in [6.45, 7) is -0.573. The van der Waals surface area contributed by atoms with Crippen molar-refractivity contribution in [2.24, 2.45) is 0 Å². The Bertz CT molecular complexity index is 421. The molecule has 0 fully saturated rings. The molecule has 0 amide bonds. The van der Waals surface area contributed by atoms with Crippen LogP contribution in [0.2, 0.25) is 0 Å². The molecule has 1 aromatic rings. The quantitative estimate of drug-likeness (QED) is 0.250. The minimum atomic E-state index is -2.85. The van der Waals surface area contributed by atoms with Crippen molar-refractivity contribution in [2.45, 2.75) is 43.5 Å². The lowest BCUT2D eigenvalue weighted by atomic mass is 10.1. The second kappa shape index (κ2) is 7.71. The van der Waals surface area contributed by atoms with E-state index in [1.54, 1.807) is 0 Å². The normalized spacial score (nSPS) is 16.5. The highest BCUT2D eigenvalue weighted by atomic mass is 16.7. The lowest BCUT2D eigenvalue weighted by Crippen LogP contribution is -2.31. The van der Waals surface area contributed by atoms with Crippen molar-refractivity contribution in [3.63, 3.8) is 0 Å². The van der Waals surface area contributed by atoms with Gasteiger partial charge in [-0.3, -0.25) is 9.97 Å². The van der Waals surface area contributed by atoms with E-state index in [0.29, 0.717) is 5.69 Å². The van der Waals surface area contributed by atoms with E-state index in [4.69, 9.17) is 20.4 Å². The number of hydrogen-bond donors (Lipinski definition) is 7. The molecule has 0 bridgehead atoms. The van der Waals surface area contributed by atoms with Crippen molar-refractivity contribution in [1.29, 1.82) is 0 Å². The van der Waals surface area contributed by atoms with Gasteiger partial charge >= 0.3 is 0 Å². The Morgan fingerprint density at radius 2 is 1.67 bits per heavy atom. The van der Waals surface area contributed by atoms with Crippen LogP contribution in [-0.4, -0.2) is 70.5 Å². The van der Waals surface area contributed by atoms with Gasteiger partial charge in [-0.1, -0.05) is 0 Å². The molecule has 0 aliphatic carbocycles. The van der Waals surface area contributed by atoms with Gasteiger partial charge in [0, 0.05) is 19.0 Å². The van der Waals surface area contributed by atoms with Crippen molar-refractivity contribution in [2.75, 3.05) is 6.61 Å². The second-order valence-corrected chi connectivity index (χ2v) is 4.78. The third-order valence-electron chi connectivity index (χ3n) is 2.87. The van der Waals surface area contributed by atoms with Crippen LogP contribution in [0.25, 0.3) is 0 Å². The maximum absolute atomic E-state index is 9.72. The maximum Gasteiger partial charge on any atom is 0.275 e. The first-order valence-electron chi connectivity index (χ1n) is 6.36. The van der Waals surface area contributed by atoms with Gasteiger partial charge in [-0.15, -0.1) is 0 Å². The first-order valence-corrected chi connectivity index (χ1v) is 6.36. The van der Waals surface area contributed by atoms with E-state index in [-0.39, 0.29) is 18.5 Å². The first kappa shape index (κ1) is 17.9. The molecule has 3 atom stereocenters. The molecule has 3 unspecified atom stereocenters. The summed E-state index contributed by atoms with van der Waals surface area (Å²) in [4.78, 5) is 7.84. The van der Waals surface area contributed by atoms with E-state index in [1.165, 1.54) is 12.4 Å². The van der Waals surface area contributed by atoms with Crippen molar-refractivity contribution in [3.05, 3.63) is 23.8 Å². The van der Waals surface area contributed by atoms with Crippen molar-refractivity contribution >= 4 is 0 Å². The molecule has 21 heavy (non-hydrogen) atoms. The second-order valence-electron chi connectivity index (χ2n) is 4.78. The van der Waals surface area contributed by atoms with Gasteiger partial charge < -0.3 is 35.7 Å². The molecule has 0 aliphatic heterocycles. The van der Waals surface area contributed by atoms with Crippen LogP contribution in [0.15, 0.2) is 12.4 Å². The lowest BCUT2D eigenvalue weighted by Gasteiger charge is -2.17. The molecule has 0 spiro atoms. The molecular formula is C12H20N2O7. The third-order valence-corrected chi connectivity index (χ3v) is 2.87. The Hall–Kier alpha value is -1.20. The lowest BCUT2D eigenvalue weighted by molar-refractivity contribution is -0.316. The fourth-order valence-corrected chi connectivity index (χ4v) is 1.59.